The van der Waals surface area contributed by atoms with Crippen LogP contribution in [0, 0.1) is 12.7 Å². The average Bonchev–Trinajstić information content (AvgIpc) is 2.86. The number of para-hydroxylation sites is 1. The van der Waals surface area contributed by atoms with Crippen LogP contribution in [-0.2, 0) is 0 Å². The maximum atomic E-state index is 13.0. The van der Waals surface area contributed by atoms with Crippen molar-refractivity contribution in [3.8, 4) is 0 Å². The van der Waals surface area contributed by atoms with Crippen molar-refractivity contribution in [1.82, 2.24) is 0 Å². The fourth-order valence-electron chi connectivity index (χ4n) is 2.05. The van der Waals surface area contributed by atoms with E-state index in [0.717, 1.165) is 5.39 Å². The van der Waals surface area contributed by atoms with Crippen molar-refractivity contribution in [3.05, 3.63) is 65.7 Å². The highest BCUT2D eigenvalue weighted by atomic mass is 19.1. The Morgan fingerprint density at radius 3 is 2.70 bits per heavy atom. The number of amides is 1. The number of halogens is 1. The molecule has 0 saturated heterocycles. The maximum absolute atomic E-state index is 13.0. The second kappa shape index (κ2) is 4.81. The zero-order valence-electron chi connectivity index (χ0n) is 10.8. The standard InChI is InChI=1S/C16H12FNO2/c1-10-8-12(17)6-7-13(10)18-16(19)15-9-11-4-2-3-5-14(11)20-15/h2-9H,1H3,(H,18,19). The van der Waals surface area contributed by atoms with Gasteiger partial charge in [-0.05, 0) is 42.8 Å². The Hall–Kier alpha value is -2.62. The van der Waals surface area contributed by atoms with Crippen LogP contribution in [0.5, 0.6) is 0 Å². The molecular formula is C16H12FNO2. The number of rotatable bonds is 2. The normalized spacial score (nSPS) is 10.7. The van der Waals surface area contributed by atoms with Gasteiger partial charge in [0, 0.05) is 11.1 Å². The second-order valence-electron chi connectivity index (χ2n) is 4.56. The molecule has 0 bridgehead atoms. The van der Waals surface area contributed by atoms with E-state index in [0.29, 0.717) is 16.8 Å². The van der Waals surface area contributed by atoms with Crippen LogP contribution in [-0.4, -0.2) is 5.91 Å². The van der Waals surface area contributed by atoms with E-state index in [1.54, 1.807) is 19.1 Å². The number of hydrogen-bond acceptors (Lipinski definition) is 2. The van der Waals surface area contributed by atoms with E-state index in [9.17, 15) is 9.18 Å². The quantitative estimate of drug-likeness (QED) is 0.760. The Balaban J connectivity index is 1.89. The molecule has 3 aromatic rings. The molecule has 0 unspecified atom stereocenters. The van der Waals surface area contributed by atoms with E-state index in [1.807, 2.05) is 18.2 Å². The summed E-state index contributed by atoms with van der Waals surface area (Å²) in [6.45, 7) is 1.73. The van der Waals surface area contributed by atoms with Gasteiger partial charge >= 0.3 is 0 Å². The SMILES string of the molecule is Cc1cc(F)ccc1NC(=O)c1cc2ccccc2o1. The van der Waals surface area contributed by atoms with E-state index >= 15 is 0 Å². The molecule has 1 aromatic heterocycles. The van der Waals surface area contributed by atoms with Crippen LogP contribution in [0.25, 0.3) is 11.0 Å². The lowest BCUT2D eigenvalue weighted by molar-refractivity contribution is 0.0998. The minimum atomic E-state index is -0.351. The number of hydrogen-bond donors (Lipinski definition) is 1. The predicted octanol–water partition coefficient (Wildman–Crippen LogP) is 4.13. The van der Waals surface area contributed by atoms with Gasteiger partial charge in [0.25, 0.3) is 5.91 Å². The summed E-state index contributed by atoms with van der Waals surface area (Å²) >= 11 is 0. The lowest BCUT2D eigenvalue weighted by Gasteiger charge is -2.06. The molecule has 0 aliphatic carbocycles. The van der Waals surface area contributed by atoms with Gasteiger partial charge in [0.2, 0.25) is 0 Å². The number of benzene rings is 2. The summed E-state index contributed by atoms with van der Waals surface area (Å²) in [6, 6.07) is 13.3. The molecule has 0 atom stereocenters. The van der Waals surface area contributed by atoms with Gasteiger partial charge in [-0.3, -0.25) is 4.79 Å². The van der Waals surface area contributed by atoms with E-state index in [1.165, 1.54) is 18.2 Å². The van der Waals surface area contributed by atoms with Gasteiger partial charge in [-0.15, -0.1) is 0 Å². The van der Waals surface area contributed by atoms with Crippen LogP contribution < -0.4 is 5.32 Å². The van der Waals surface area contributed by atoms with Crippen LogP contribution in [0.15, 0.2) is 52.9 Å². The number of carbonyl (C=O) groups excluding carboxylic acids is 1. The molecule has 0 aliphatic heterocycles. The van der Waals surface area contributed by atoms with Gasteiger partial charge in [-0.1, -0.05) is 18.2 Å². The van der Waals surface area contributed by atoms with Crippen molar-refractivity contribution in [3.63, 3.8) is 0 Å². The number of anilines is 1. The molecule has 0 aliphatic rings. The summed E-state index contributed by atoms with van der Waals surface area (Å²) in [6.07, 6.45) is 0. The molecule has 3 nitrogen and oxygen atoms in total. The predicted molar refractivity (Wildman–Crippen MR) is 75.3 cm³/mol. The van der Waals surface area contributed by atoms with Gasteiger partial charge in [0.1, 0.15) is 11.4 Å². The maximum Gasteiger partial charge on any atom is 0.291 e. The average molecular weight is 269 g/mol. The van der Waals surface area contributed by atoms with Crippen molar-refractivity contribution < 1.29 is 13.6 Å². The minimum Gasteiger partial charge on any atom is -0.451 e. The molecule has 4 heteroatoms. The smallest absolute Gasteiger partial charge is 0.291 e. The monoisotopic (exact) mass is 269 g/mol. The van der Waals surface area contributed by atoms with Gasteiger partial charge in [-0.2, -0.15) is 0 Å². The third kappa shape index (κ3) is 2.28. The van der Waals surface area contributed by atoms with Gasteiger partial charge in [0.15, 0.2) is 5.76 Å². The molecule has 1 amide bonds. The summed E-state index contributed by atoms with van der Waals surface area (Å²) in [5.74, 6) is -0.449. The Morgan fingerprint density at radius 2 is 1.95 bits per heavy atom. The van der Waals surface area contributed by atoms with Crippen molar-refractivity contribution in [2.75, 3.05) is 5.32 Å². The zero-order valence-corrected chi connectivity index (χ0v) is 10.8. The fraction of sp³-hybridized carbons (Fsp3) is 0.0625. The molecule has 3 rings (SSSR count). The third-order valence-corrected chi connectivity index (χ3v) is 3.09. The van der Waals surface area contributed by atoms with Gasteiger partial charge in [0.05, 0.1) is 0 Å². The topological polar surface area (TPSA) is 42.2 Å². The molecule has 0 saturated carbocycles. The minimum absolute atomic E-state index is 0.231. The highest BCUT2D eigenvalue weighted by Crippen LogP contribution is 2.21. The van der Waals surface area contributed by atoms with E-state index < -0.39 is 0 Å². The van der Waals surface area contributed by atoms with Crippen molar-refractivity contribution in [2.45, 2.75) is 6.92 Å². The second-order valence-corrected chi connectivity index (χ2v) is 4.56. The summed E-state index contributed by atoms with van der Waals surface area (Å²) in [5, 5.41) is 3.58. The first kappa shape index (κ1) is 12.4. The van der Waals surface area contributed by atoms with Crippen LogP contribution in [0.4, 0.5) is 10.1 Å². The Morgan fingerprint density at radius 1 is 1.15 bits per heavy atom. The number of aryl methyl sites for hydroxylation is 1. The van der Waals surface area contributed by atoms with Crippen LogP contribution >= 0.6 is 0 Å². The molecule has 100 valence electrons. The Bertz CT molecular complexity index is 759. The van der Waals surface area contributed by atoms with E-state index in [2.05, 4.69) is 5.32 Å². The molecule has 1 N–H and O–H groups in total. The molecule has 2 aromatic carbocycles. The number of carbonyl (C=O) groups is 1. The van der Waals surface area contributed by atoms with E-state index in [4.69, 9.17) is 4.42 Å². The largest absolute Gasteiger partial charge is 0.451 e. The number of fused-ring (bicyclic) bond motifs is 1. The van der Waals surface area contributed by atoms with Crippen molar-refractivity contribution >= 4 is 22.6 Å². The van der Waals surface area contributed by atoms with E-state index in [-0.39, 0.29) is 17.5 Å². The highest BCUT2D eigenvalue weighted by molar-refractivity contribution is 6.04. The fourth-order valence-corrected chi connectivity index (χ4v) is 2.05. The zero-order chi connectivity index (χ0) is 14.1. The lowest BCUT2D eigenvalue weighted by Crippen LogP contribution is -2.11. The Kier molecular flexibility index (Phi) is 2.99. The third-order valence-electron chi connectivity index (χ3n) is 3.09. The summed E-state index contributed by atoms with van der Waals surface area (Å²) < 4.78 is 18.5. The van der Waals surface area contributed by atoms with Crippen LogP contribution in [0.3, 0.4) is 0 Å². The van der Waals surface area contributed by atoms with Crippen molar-refractivity contribution in [2.24, 2.45) is 0 Å². The van der Waals surface area contributed by atoms with Gasteiger partial charge < -0.3 is 9.73 Å². The molecule has 0 fully saturated rings. The van der Waals surface area contributed by atoms with Crippen LogP contribution in [0.1, 0.15) is 16.1 Å². The number of furan rings is 1. The Labute approximate surface area is 115 Å². The van der Waals surface area contributed by atoms with Crippen LogP contribution in [0.2, 0.25) is 0 Å². The lowest BCUT2D eigenvalue weighted by atomic mass is 10.2. The van der Waals surface area contributed by atoms with Crippen molar-refractivity contribution in [1.29, 1.82) is 0 Å². The molecule has 0 radical (unpaired) electrons. The number of nitrogens with one attached hydrogen (secondary N) is 1. The molecule has 1 heterocycles. The molecule has 0 spiro atoms. The first-order valence-corrected chi connectivity index (χ1v) is 6.19. The highest BCUT2D eigenvalue weighted by Gasteiger charge is 2.13. The first-order chi connectivity index (χ1) is 9.63. The molecular weight excluding hydrogens is 257 g/mol. The summed E-state index contributed by atoms with van der Waals surface area (Å²) in [5.41, 5.74) is 1.89. The first-order valence-electron chi connectivity index (χ1n) is 6.19. The van der Waals surface area contributed by atoms with Gasteiger partial charge in [-0.25, -0.2) is 4.39 Å². The summed E-state index contributed by atoms with van der Waals surface area (Å²) in [7, 11) is 0. The molecule has 20 heavy (non-hydrogen) atoms. The summed E-state index contributed by atoms with van der Waals surface area (Å²) in [4.78, 5) is 12.1.